The van der Waals surface area contributed by atoms with Crippen molar-refractivity contribution in [2.75, 3.05) is 12.3 Å². The van der Waals surface area contributed by atoms with Gasteiger partial charge in [-0.1, -0.05) is 6.92 Å². The van der Waals surface area contributed by atoms with Gasteiger partial charge in [-0.2, -0.15) is 5.10 Å². The minimum absolute atomic E-state index is 0.0710. The van der Waals surface area contributed by atoms with Crippen LogP contribution in [0.3, 0.4) is 0 Å². The van der Waals surface area contributed by atoms with Crippen LogP contribution < -0.4 is 16.4 Å². The first kappa shape index (κ1) is 15.3. The Morgan fingerprint density at radius 2 is 2.19 bits per heavy atom. The molecule has 1 aliphatic carbocycles. The molecule has 1 saturated carbocycles. The summed E-state index contributed by atoms with van der Waals surface area (Å²) in [6.07, 6.45) is 3.30. The van der Waals surface area contributed by atoms with Crippen LogP contribution in [0.5, 0.6) is 0 Å². The molecule has 21 heavy (non-hydrogen) atoms. The van der Waals surface area contributed by atoms with Crippen molar-refractivity contribution in [1.82, 2.24) is 20.8 Å². The topological polar surface area (TPSA) is 113 Å². The third kappa shape index (κ3) is 3.96. The van der Waals surface area contributed by atoms with Gasteiger partial charge in [0.15, 0.2) is 5.69 Å². The molecule has 116 valence electrons. The lowest BCUT2D eigenvalue weighted by Crippen LogP contribution is -2.35. The molecule has 1 heterocycles. The average molecular weight is 293 g/mol. The number of aromatic nitrogens is 2. The van der Waals surface area contributed by atoms with Crippen molar-refractivity contribution in [3.05, 3.63) is 11.4 Å². The maximum Gasteiger partial charge on any atom is 0.273 e. The van der Waals surface area contributed by atoms with E-state index in [-0.39, 0.29) is 36.5 Å². The van der Waals surface area contributed by atoms with Gasteiger partial charge < -0.3 is 16.4 Å². The number of hydrogen-bond donors (Lipinski definition) is 4. The van der Waals surface area contributed by atoms with E-state index in [0.717, 1.165) is 25.0 Å². The molecule has 7 heteroatoms. The molecule has 1 aliphatic rings. The van der Waals surface area contributed by atoms with Gasteiger partial charge in [0, 0.05) is 24.9 Å². The number of carbonyl (C=O) groups excluding carboxylic acids is 2. The smallest absolute Gasteiger partial charge is 0.273 e. The molecule has 0 saturated heterocycles. The highest BCUT2D eigenvalue weighted by Crippen LogP contribution is 2.42. The van der Waals surface area contributed by atoms with Crippen LogP contribution in [-0.2, 0) is 4.79 Å². The van der Waals surface area contributed by atoms with E-state index < -0.39 is 0 Å². The Morgan fingerprint density at radius 1 is 1.48 bits per heavy atom. The zero-order chi connectivity index (χ0) is 15.4. The van der Waals surface area contributed by atoms with Crippen molar-refractivity contribution < 1.29 is 9.59 Å². The van der Waals surface area contributed by atoms with Gasteiger partial charge in [0.05, 0.1) is 11.4 Å². The summed E-state index contributed by atoms with van der Waals surface area (Å²) in [7, 11) is 0. The number of H-pyrrole nitrogens is 1. The van der Waals surface area contributed by atoms with E-state index in [1.165, 1.54) is 0 Å². The van der Waals surface area contributed by atoms with Gasteiger partial charge in [-0.25, -0.2) is 0 Å². The molecule has 1 unspecified atom stereocenters. The zero-order valence-corrected chi connectivity index (χ0v) is 12.5. The molecular formula is C14H23N5O2. The summed E-state index contributed by atoms with van der Waals surface area (Å²) < 4.78 is 0. The maximum absolute atomic E-state index is 12.0. The van der Waals surface area contributed by atoms with Gasteiger partial charge in [0.25, 0.3) is 5.91 Å². The molecule has 1 aromatic rings. The molecule has 0 radical (unpaired) electrons. The average Bonchev–Trinajstić information content (AvgIpc) is 3.21. The lowest BCUT2D eigenvalue weighted by atomic mass is 10.2. The molecule has 2 amide bonds. The van der Waals surface area contributed by atoms with Crippen molar-refractivity contribution >= 4 is 17.5 Å². The summed E-state index contributed by atoms with van der Waals surface area (Å²) in [5, 5.41) is 12.3. The van der Waals surface area contributed by atoms with Crippen molar-refractivity contribution in [3.8, 4) is 0 Å². The number of rotatable bonds is 7. The van der Waals surface area contributed by atoms with E-state index in [1.54, 1.807) is 0 Å². The SMILES string of the molecule is CCC(C)NC(=O)CCNC(=O)c1n[nH]c(C2CC2)c1N. The van der Waals surface area contributed by atoms with Gasteiger partial charge in [-0.05, 0) is 26.2 Å². The van der Waals surface area contributed by atoms with Crippen molar-refractivity contribution in [2.45, 2.75) is 51.5 Å². The first-order valence-electron chi connectivity index (χ1n) is 7.44. The standard InChI is InChI=1S/C14H23N5O2/c1-3-8(2)17-10(20)6-7-16-14(21)13-11(15)12(18-19-13)9-4-5-9/h8-9H,3-7,15H2,1-2H3,(H,16,21)(H,17,20)(H,18,19). The van der Waals surface area contributed by atoms with Crippen molar-refractivity contribution in [1.29, 1.82) is 0 Å². The summed E-state index contributed by atoms with van der Waals surface area (Å²) in [6.45, 7) is 4.22. The minimum Gasteiger partial charge on any atom is -0.395 e. The van der Waals surface area contributed by atoms with Crippen LogP contribution in [0.1, 0.15) is 61.6 Å². The van der Waals surface area contributed by atoms with Crippen molar-refractivity contribution in [2.24, 2.45) is 0 Å². The highest BCUT2D eigenvalue weighted by atomic mass is 16.2. The number of nitrogens with two attached hydrogens (primary N) is 1. The molecule has 0 aromatic carbocycles. The molecule has 1 atom stereocenters. The Labute approximate surface area is 124 Å². The lowest BCUT2D eigenvalue weighted by molar-refractivity contribution is -0.121. The first-order chi connectivity index (χ1) is 10.0. The number of nitrogens with one attached hydrogen (secondary N) is 3. The Morgan fingerprint density at radius 3 is 2.81 bits per heavy atom. The third-order valence-electron chi connectivity index (χ3n) is 3.69. The second-order valence-corrected chi connectivity index (χ2v) is 5.56. The maximum atomic E-state index is 12.0. The number of hydrogen-bond acceptors (Lipinski definition) is 4. The lowest BCUT2D eigenvalue weighted by Gasteiger charge is -2.11. The number of nitrogens with zero attached hydrogens (tertiary/aromatic N) is 1. The van der Waals surface area contributed by atoms with Gasteiger partial charge in [-0.15, -0.1) is 0 Å². The molecule has 5 N–H and O–H groups in total. The molecular weight excluding hydrogens is 270 g/mol. The largest absolute Gasteiger partial charge is 0.395 e. The van der Waals surface area contributed by atoms with Crippen LogP contribution in [0.2, 0.25) is 0 Å². The van der Waals surface area contributed by atoms with Crippen LogP contribution in [0.4, 0.5) is 5.69 Å². The van der Waals surface area contributed by atoms with Gasteiger partial charge in [0.2, 0.25) is 5.91 Å². The number of amides is 2. The Balaban J connectivity index is 1.78. The van der Waals surface area contributed by atoms with Crippen LogP contribution >= 0.6 is 0 Å². The van der Waals surface area contributed by atoms with Crippen LogP contribution in [0.15, 0.2) is 0 Å². The van der Waals surface area contributed by atoms with E-state index in [0.29, 0.717) is 11.6 Å². The fourth-order valence-electron chi connectivity index (χ4n) is 2.04. The van der Waals surface area contributed by atoms with Crippen LogP contribution in [0.25, 0.3) is 0 Å². The van der Waals surface area contributed by atoms with E-state index in [9.17, 15) is 9.59 Å². The van der Waals surface area contributed by atoms with Gasteiger partial charge in [-0.3, -0.25) is 14.7 Å². The molecule has 7 nitrogen and oxygen atoms in total. The summed E-state index contributed by atoms with van der Waals surface area (Å²) in [6, 6.07) is 0.149. The van der Waals surface area contributed by atoms with E-state index in [1.807, 2.05) is 13.8 Å². The molecule has 0 aliphatic heterocycles. The molecule has 1 aromatic heterocycles. The fourth-order valence-corrected chi connectivity index (χ4v) is 2.04. The predicted molar refractivity (Wildman–Crippen MR) is 79.8 cm³/mol. The van der Waals surface area contributed by atoms with Crippen LogP contribution in [0, 0.1) is 0 Å². The number of nitrogen functional groups attached to an aromatic ring is 1. The zero-order valence-electron chi connectivity index (χ0n) is 12.5. The summed E-state index contributed by atoms with van der Waals surface area (Å²) in [4.78, 5) is 23.6. The Bertz CT molecular complexity index is 521. The second kappa shape index (κ2) is 6.60. The summed E-state index contributed by atoms with van der Waals surface area (Å²) >= 11 is 0. The third-order valence-corrected chi connectivity index (χ3v) is 3.69. The number of anilines is 1. The van der Waals surface area contributed by atoms with Gasteiger partial charge in [0.1, 0.15) is 0 Å². The molecule has 0 spiro atoms. The van der Waals surface area contributed by atoms with Crippen molar-refractivity contribution in [3.63, 3.8) is 0 Å². The monoisotopic (exact) mass is 293 g/mol. The number of carbonyl (C=O) groups is 2. The molecule has 0 bridgehead atoms. The van der Waals surface area contributed by atoms with E-state index in [2.05, 4.69) is 20.8 Å². The second-order valence-electron chi connectivity index (χ2n) is 5.56. The quantitative estimate of drug-likeness (QED) is 0.598. The molecule has 2 rings (SSSR count). The Kier molecular flexibility index (Phi) is 4.82. The van der Waals surface area contributed by atoms with E-state index in [4.69, 9.17) is 5.73 Å². The fraction of sp³-hybridized carbons (Fsp3) is 0.643. The van der Waals surface area contributed by atoms with E-state index >= 15 is 0 Å². The highest BCUT2D eigenvalue weighted by Gasteiger charge is 2.30. The molecule has 1 fully saturated rings. The highest BCUT2D eigenvalue weighted by molar-refractivity contribution is 5.97. The predicted octanol–water partition coefficient (Wildman–Crippen LogP) is 0.904. The van der Waals surface area contributed by atoms with Crippen LogP contribution in [-0.4, -0.2) is 34.6 Å². The number of aromatic amines is 1. The first-order valence-corrected chi connectivity index (χ1v) is 7.44. The summed E-state index contributed by atoms with van der Waals surface area (Å²) in [5.41, 5.74) is 7.43. The normalized spacial score (nSPS) is 15.5. The summed E-state index contributed by atoms with van der Waals surface area (Å²) in [5.74, 6) is 0.00525. The Hall–Kier alpha value is -2.05. The minimum atomic E-state index is -0.341. The van der Waals surface area contributed by atoms with Gasteiger partial charge >= 0.3 is 0 Å².